The lowest BCUT2D eigenvalue weighted by molar-refractivity contribution is 0.0608. The molecule has 18 heavy (non-hydrogen) atoms. The van der Waals surface area contributed by atoms with Crippen LogP contribution in [0.15, 0.2) is 24.3 Å². The van der Waals surface area contributed by atoms with Crippen LogP contribution in [0.5, 0.6) is 0 Å². The smallest absolute Gasteiger partial charge is 0.182 e. The summed E-state index contributed by atoms with van der Waals surface area (Å²) in [6.45, 7) is 12.2. The monoisotopic (exact) mass is 247 g/mol. The molecule has 0 aromatic heterocycles. The van der Waals surface area contributed by atoms with Crippen LogP contribution in [0.25, 0.3) is 0 Å². The molecule has 0 aliphatic heterocycles. The quantitative estimate of drug-likeness (QED) is 0.715. The van der Waals surface area contributed by atoms with Gasteiger partial charge in [-0.15, -0.1) is 0 Å². The van der Waals surface area contributed by atoms with Gasteiger partial charge in [-0.25, -0.2) is 0 Å². The van der Waals surface area contributed by atoms with Gasteiger partial charge in [0, 0.05) is 5.56 Å². The third-order valence-corrected chi connectivity index (χ3v) is 3.95. The molecule has 0 heterocycles. The predicted molar refractivity (Wildman–Crippen MR) is 77.1 cm³/mol. The predicted octanol–water partition coefficient (Wildman–Crippen LogP) is 3.69. The van der Waals surface area contributed by atoms with Gasteiger partial charge in [-0.1, -0.05) is 50.6 Å². The Morgan fingerprint density at radius 2 is 1.61 bits per heavy atom. The summed E-state index contributed by atoms with van der Waals surface area (Å²) in [5.74, 6) is 0.230. The van der Waals surface area contributed by atoms with Crippen molar-refractivity contribution < 1.29 is 4.79 Å². The number of hydrogen-bond donors (Lipinski definition) is 0. The second-order valence-corrected chi connectivity index (χ2v) is 4.99. The van der Waals surface area contributed by atoms with E-state index in [-0.39, 0.29) is 5.78 Å². The Morgan fingerprint density at radius 3 is 2.00 bits per heavy atom. The van der Waals surface area contributed by atoms with Crippen molar-refractivity contribution in [1.82, 2.24) is 4.90 Å². The summed E-state index contributed by atoms with van der Waals surface area (Å²) in [6, 6.07) is 7.89. The third-order valence-electron chi connectivity index (χ3n) is 3.95. The molecule has 0 aliphatic rings. The summed E-state index contributed by atoms with van der Waals surface area (Å²) in [6.07, 6.45) is 0.835. The molecule has 0 aliphatic carbocycles. The number of ketones is 1. The number of Topliss-reactive ketones (excluding diaryl/α,β-unsaturated/α-hetero) is 1. The van der Waals surface area contributed by atoms with Crippen molar-refractivity contribution in [3.8, 4) is 0 Å². The van der Waals surface area contributed by atoms with Crippen LogP contribution in [0.3, 0.4) is 0 Å². The van der Waals surface area contributed by atoms with E-state index in [1.54, 1.807) is 0 Å². The number of carbonyl (C=O) groups excluding carboxylic acids is 1. The molecule has 0 spiro atoms. The Hall–Kier alpha value is -1.15. The molecule has 1 rings (SSSR count). The second-order valence-electron chi connectivity index (χ2n) is 4.99. The first-order valence-electron chi connectivity index (χ1n) is 6.86. The van der Waals surface area contributed by atoms with Crippen LogP contribution in [-0.4, -0.2) is 29.3 Å². The lowest BCUT2D eigenvalue weighted by Crippen LogP contribution is -2.51. The van der Waals surface area contributed by atoms with Gasteiger partial charge in [-0.2, -0.15) is 0 Å². The fraction of sp³-hybridized carbons (Fsp3) is 0.562. The molecule has 1 unspecified atom stereocenters. The van der Waals surface area contributed by atoms with E-state index < -0.39 is 5.54 Å². The first-order valence-corrected chi connectivity index (χ1v) is 6.86. The fourth-order valence-corrected chi connectivity index (χ4v) is 2.47. The summed E-state index contributed by atoms with van der Waals surface area (Å²) in [5.41, 5.74) is 1.61. The van der Waals surface area contributed by atoms with Gasteiger partial charge < -0.3 is 0 Å². The Bertz CT molecular complexity index is 392. The molecule has 0 fully saturated rings. The topological polar surface area (TPSA) is 20.3 Å². The molecule has 1 aromatic carbocycles. The number of likely N-dealkylation sites (N-methyl/N-ethyl adjacent to an activating group) is 1. The van der Waals surface area contributed by atoms with E-state index in [4.69, 9.17) is 0 Å². The lowest BCUT2D eigenvalue weighted by atomic mass is 9.86. The molecule has 0 amide bonds. The molecule has 1 atom stereocenters. The molecular formula is C16H25NO. The van der Waals surface area contributed by atoms with Crippen LogP contribution in [-0.2, 0) is 0 Å². The largest absolute Gasteiger partial charge is 0.292 e. The summed E-state index contributed by atoms with van der Waals surface area (Å²) >= 11 is 0. The van der Waals surface area contributed by atoms with Crippen molar-refractivity contribution in [1.29, 1.82) is 0 Å². The molecule has 2 nitrogen and oxygen atoms in total. The normalized spacial score (nSPS) is 14.6. The molecule has 0 N–H and O–H groups in total. The van der Waals surface area contributed by atoms with Crippen LogP contribution in [0, 0.1) is 6.92 Å². The lowest BCUT2D eigenvalue weighted by Gasteiger charge is -2.38. The van der Waals surface area contributed by atoms with Crippen molar-refractivity contribution in [3.05, 3.63) is 35.4 Å². The molecule has 0 radical (unpaired) electrons. The Kier molecular flexibility index (Phi) is 5.09. The number of aryl methyl sites for hydroxylation is 1. The highest BCUT2D eigenvalue weighted by Gasteiger charge is 2.36. The van der Waals surface area contributed by atoms with Gasteiger partial charge in [0.05, 0.1) is 5.54 Å². The molecule has 1 aromatic rings. The fourth-order valence-electron chi connectivity index (χ4n) is 2.47. The summed E-state index contributed by atoms with van der Waals surface area (Å²) in [7, 11) is 0. The van der Waals surface area contributed by atoms with Crippen LogP contribution in [0.2, 0.25) is 0 Å². The number of carbonyl (C=O) groups is 1. The summed E-state index contributed by atoms with van der Waals surface area (Å²) < 4.78 is 0. The van der Waals surface area contributed by atoms with E-state index in [0.29, 0.717) is 0 Å². The van der Waals surface area contributed by atoms with E-state index in [2.05, 4.69) is 32.6 Å². The number of nitrogens with zero attached hydrogens (tertiary/aromatic N) is 1. The van der Waals surface area contributed by atoms with Crippen LogP contribution in [0.4, 0.5) is 0 Å². The van der Waals surface area contributed by atoms with Gasteiger partial charge in [0.15, 0.2) is 5.78 Å². The van der Waals surface area contributed by atoms with E-state index in [9.17, 15) is 4.79 Å². The van der Waals surface area contributed by atoms with Crippen molar-refractivity contribution in [2.24, 2.45) is 0 Å². The van der Waals surface area contributed by atoms with Gasteiger partial charge in [0.25, 0.3) is 0 Å². The highest BCUT2D eigenvalue weighted by atomic mass is 16.1. The Balaban J connectivity index is 3.08. The molecule has 0 saturated carbocycles. The SMILES string of the molecule is CCN(CC)C(C)(CC)C(=O)c1ccc(C)cc1. The zero-order chi connectivity index (χ0) is 13.8. The van der Waals surface area contributed by atoms with E-state index >= 15 is 0 Å². The van der Waals surface area contributed by atoms with Crippen molar-refractivity contribution in [3.63, 3.8) is 0 Å². The van der Waals surface area contributed by atoms with E-state index in [1.807, 2.05) is 31.2 Å². The Labute approximate surface area is 111 Å². The van der Waals surface area contributed by atoms with Gasteiger partial charge in [-0.3, -0.25) is 9.69 Å². The summed E-state index contributed by atoms with van der Waals surface area (Å²) in [4.78, 5) is 15.0. The van der Waals surface area contributed by atoms with Gasteiger partial charge in [0.1, 0.15) is 0 Å². The molecule has 0 bridgehead atoms. The number of rotatable bonds is 6. The van der Waals surface area contributed by atoms with Crippen molar-refractivity contribution in [2.45, 2.75) is 46.6 Å². The van der Waals surface area contributed by atoms with Crippen LogP contribution < -0.4 is 0 Å². The maximum Gasteiger partial charge on any atom is 0.182 e. The standard InChI is InChI=1S/C16H25NO/c1-6-16(5,17(7-2)8-3)15(18)14-11-9-13(4)10-12-14/h9-12H,6-8H2,1-5H3. The van der Waals surface area contributed by atoms with E-state index in [1.165, 1.54) is 5.56 Å². The van der Waals surface area contributed by atoms with Gasteiger partial charge in [-0.05, 0) is 33.4 Å². The Morgan fingerprint density at radius 1 is 1.11 bits per heavy atom. The average Bonchev–Trinajstić information content (AvgIpc) is 2.39. The zero-order valence-corrected chi connectivity index (χ0v) is 12.3. The molecular weight excluding hydrogens is 222 g/mol. The molecule has 100 valence electrons. The third kappa shape index (κ3) is 2.81. The van der Waals surface area contributed by atoms with E-state index in [0.717, 1.165) is 25.1 Å². The first-order chi connectivity index (χ1) is 8.49. The van der Waals surface area contributed by atoms with Crippen molar-refractivity contribution >= 4 is 5.78 Å². The zero-order valence-electron chi connectivity index (χ0n) is 12.3. The molecule has 2 heteroatoms. The first kappa shape index (κ1) is 14.9. The van der Waals surface area contributed by atoms with Gasteiger partial charge >= 0.3 is 0 Å². The average molecular weight is 247 g/mol. The van der Waals surface area contributed by atoms with Crippen LogP contribution >= 0.6 is 0 Å². The minimum absolute atomic E-state index is 0.230. The van der Waals surface area contributed by atoms with Crippen molar-refractivity contribution in [2.75, 3.05) is 13.1 Å². The number of hydrogen-bond acceptors (Lipinski definition) is 2. The van der Waals surface area contributed by atoms with Crippen LogP contribution in [0.1, 0.15) is 50.0 Å². The second kappa shape index (κ2) is 6.14. The minimum Gasteiger partial charge on any atom is -0.292 e. The minimum atomic E-state index is -0.390. The maximum atomic E-state index is 12.7. The molecule has 0 saturated heterocycles. The van der Waals surface area contributed by atoms with Gasteiger partial charge in [0.2, 0.25) is 0 Å². The summed E-state index contributed by atoms with van der Waals surface area (Å²) in [5, 5.41) is 0. The highest BCUT2D eigenvalue weighted by Crippen LogP contribution is 2.24. The highest BCUT2D eigenvalue weighted by molar-refractivity contribution is 6.03. The number of benzene rings is 1. The maximum absolute atomic E-state index is 12.7.